The van der Waals surface area contributed by atoms with Gasteiger partial charge in [-0.1, -0.05) is 24.8 Å². The van der Waals surface area contributed by atoms with E-state index in [1.165, 1.54) is 6.92 Å². The van der Waals surface area contributed by atoms with Crippen molar-refractivity contribution in [1.29, 1.82) is 0 Å². The van der Waals surface area contributed by atoms with E-state index in [0.29, 0.717) is 5.56 Å². The predicted octanol–water partition coefficient (Wildman–Crippen LogP) is 2.25. The Labute approximate surface area is 88.4 Å². The van der Waals surface area contributed by atoms with Crippen LogP contribution in [0.15, 0.2) is 36.4 Å². The first-order valence-electron chi connectivity index (χ1n) is 4.50. The lowest BCUT2D eigenvalue weighted by Gasteiger charge is -2.04. The molecule has 0 saturated carbocycles. The molecule has 0 bridgehead atoms. The van der Waals surface area contributed by atoms with E-state index in [1.54, 1.807) is 25.1 Å². The molecule has 78 valence electrons. The van der Waals surface area contributed by atoms with Gasteiger partial charge in [-0.15, -0.1) is 0 Å². The van der Waals surface area contributed by atoms with Crippen molar-refractivity contribution in [1.82, 2.24) is 0 Å². The minimum atomic E-state index is -0.691. The lowest BCUT2D eigenvalue weighted by Crippen LogP contribution is -2.13. The standard InChI is InChI=1S/C12H12O3/c1-8(2)11(13)15-12(14)10-7-5-4-6-9(10)3/h4-7H,1H2,2-3H3. The third-order valence-corrected chi connectivity index (χ3v) is 1.90. The smallest absolute Gasteiger partial charge is 0.346 e. The lowest BCUT2D eigenvalue weighted by atomic mass is 10.1. The van der Waals surface area contributed by atoms with Crippen LogP contribution in [-0.2, 0) is 9.53 Å². The SMILES string of the molecule is C=C(C)C(=O)OC(=O)c1ccccc1C. The fraction of sp³-hybridized carbons (Fsp3) is 0.167. The average molecular weight is 204 g/mol. The second-order valence-corrected chi connectivity index (χ2v) is 3.27. The summed E-state index contributed by atoms with van der Waals surface area (Å²) < 4.78 is 4.60. The molecule has 0 saturated heterocycles. The third kappa shape index (κ3) is 2.77. The van der Waals surface area contributed by atoms with Crippen LogP contribution in [-0.4, -0.2) is 11.9 Å². The molecule has 3 nitrogen and oxygen atoms in total. The summed E-state index contributed by atoms with van der Waals surface area (Å²) in [5.74, 6) is -1.33. The molecule has 0 heterocycles. The normalized spacial score (nSPS) is 9.47. The third-order valence-electron chi connectivity index (χ3n) is 1.90. The van der Waals surface area contributed by atoms with Crippen LogP contribution >= 0.6 is 0 Å². The maximum absolute atomic E-state index is 11.5. The predicted molar refractivity (Wildman–Crippen MR) is 56.4 cm³/mol. The van der Waals surface area contributed by atoms with Gasteiger partial charge in [0.25, 0.3) is 0 Å². The largest absolute Gasteiger partial charge is 0.386 e. The maximum atomic E-state index is 11.5. The van der Waals surface area contributed by atoms with E-state index in [0.717, 1.165) is 5.56 Å². The van der Waals surface area contributed by atoms with Crippen molar-refractivity contribution in [3.8, 4) is 0 Å². The van der Waals surface area contributed by atoms with Crippen LogP contribution in [0.2, 0.25) is 0 Å². The zero-order chi connectivity index (χ0) is 11.4. The Hall–Kier alpha value is -1.90. The first-order valence-corrected chi connectivity index (χ1v) is 4.50. The summed E-state index contributed by atoms with van der Waals surface area (Å²) in [7, 11) is 0. The van der Waals surface area contributed by atoms with Crippen molar-refractivity contribution < 1.29 is 14.3 Å². The van der Waals surface area contributed by atoms with Crippen molar-refractivity contribution in [3.05, 3.63) is 47.5 Å². The van der Waals surface area contributed by atoms with Gasteiger partial charge in [-0.3, -0.25) is 0 Å². The molecule has 0 fully saturated rings. The van der Waals surface area contributed by atoms with E-state index in [2.05, 4.69) is 11.3 Å². The van der Waals surface area contributed by atoms with Crippen molar-refractivity contribution in [2.75, 3.05) is 0 Å². The molecule has 0 radical (unpaired) electrons. The van der Waals surface area contributed by atoms with Gasteiger partial charge in [-0.2, -0.15) is 0 Å². The highest BCUT2D eigenvalue weighted by Gasteiger charge is 2.14. The summed E-state index contributed by atoms with van der Waals surface area (Å²) >= 11 is 0. The monoisotopic (exact) mass is 204 g/mol. The van der Waals surface area contributed by atoms with E-state index in [9.17, 15) is 9.59 Å². The molecule has 0 aromatic heterocycles. The Morgan fingerprint density at radius 3 is 2.40 bits per heavy atom. The maximum Gasteiger partial charge on any atom is 0.346 e. The molecule has 0 N–H and O–H groups in total. The molecule has 0 aliphatic heterocycles. The zero-order valence-electron chi connectivity index (χ0n) is 8.74. The van der Waals surface area contributed by atoms with Crippen LogP contribution in [0.25, 0.3) is 0 Å². The molecule has 0 aliphatic rings. The highest BCUT2D eigenvalue weighted by Crippen LogP contribution is 2.09. The van der Waals surface area contributed by atoms with Gasteiger partial charge in [0.15, 0.2) is 0 Å². The summed E-state index contributed by atoms with van der Waals surface area (Å²) in [4.78, 5) is 22.6. The number of hydrogen-bond donors (Lipinski definition) is 0. The molecule has 1 aromatic rings. The zero-order valence-corrected chi connectivity index (χ0v) is 8.74. The van der Waals surface area contributed by atoms with Gasteiger partial charge in [-0.05, 0) is 25.5 Å². The summed E-state index contributed by atoms with van der Waals surface area (Å²) in [5, 5.41) is 0. The van der Waals surface area contributed by atoms with E-state index in [-0.39, 0.29) is 5.57 Å². The molecule has 0 atom stereocenters. The van der Waals surface area contributed by atoms with Gasteiger partial charge < -0.3 is 4.74 Å². The fourth-order valence-corrected chi connectivity index (χ4v) is 1.03. The van der Waals surface area contributed by atoms with Crippen LogP contribution in [0.3, 0.4) is 0 Å². The van der Waals surface area contributed by atoms with Crippen molar-refractivity contribution >= 4 is 11.9 Å². The average Bonchev–Trinajstić information content (AvgIpc) is 2.18. The second-order valence-electron chi connectivity index (χ2n) is 3.27. The molecule has 0 amide bonds. The van der Waals surface area contributed by atoms with Gasteiger partial charge in [0, 0.05) is 5.57 Å². The van der Waals surface area contributed by atoms with Crippen molar-refractivity contribution in [2.45, 2.75) is 13.8 Å². The van der Waals surface area contributed by atoms with E-state index in [4.69, 9.17) is 0 Å². The van der Waals surface area contributed by atoms with Gasteiger partial charge in [0.2, 0.25) is 0 Å². The topological polar surface area (TPSA) is 43.4 Å². The number of ether oxygens (including phenoxy) is 1. The van der Waals surface area contributed by atoms with Crippen LogP contribution in [0, 0.1) is 6.92 Å². The van der Waals surface area contributed by atoms with Crippen LogP contribution < -0.4 is 0 Å². The first-order chi connectivity index (χ1) is 7.02. The van der Waals surface area contributed by atoms with Gasteiger partial charge in [0.1, 0.15) is 0 Å². The van der Waals surface area contributed by atoms with Crippen LogP contribution in [0.4, 0.5) is 0 Å². The number of esters is 2. The summed E-state index contributed by atoms with van der Waals surface area (Å²) in [6, 6.07) is 6.92. The highest BCUT2D eigenvalue weighted by atomic mass is 16.6. The Morgan fingerprint density at radius 2 is 1.87 bits per heavy atom. The molecule has 3 heteroatoms. The molecule has 0 aliphatic carbocycles. The molecule has 15 heavy (non-hydrogen) atoms. The van der Waals surface area contributed by atoms with Gasteiger partial charge >= 0.3 is 11.9 Å². The van der Waals surface area contributed by atoms with Crippen molar-refractivity contribution in [2.24, 2.45) is 0 Å². The summed E-state index contributed by atoms with van der Waals surface area (Å²) in [6.07, 6.45) is 0. The minimum absolute atomic E-state index is 0.205. The first kappa shape index (κ1) is 11.2. The number of carbonyl (C=O) groups is 2. The quantitative estimate of drug-likeness (QED) is 0.421. The molecular formula is C12H12O3. The Bertz CT molecular complexity index is 419. The Balaban J connectivity index is 2.83. The lowest BCUT2D eigenvalue weighted by molar-refractivity contribution is -0.133. The number of benzene rings is 1. The number of rotatable bonds is 2. The summed E-state index contributed by atoms with van der Waals surface area (Å²) in [6.45, 7) is 6.67. The van der Waals surface area contributed by atoms with E-state index < -0.39 is 11.9 Å². The molecular weight excluding hydrogens is 192 g/mol. The number of hydrogen-bond acceptors (Lipinski definition) is 3. The molecule has 1 aromatic carbocycles. The van der Waals surface area contributed by atoms with Crippen LogP contribution in [0.5, 0.6) is 0 Å². The van der Waals surface area contributed by atoms with Gasteiger partial charge in [0.05, 0.1) is 5.56 Å². The molecule has 1 rings (SSSR count). The number of carbonyl (C=O) groups excluding carboxylic acids is 2. The van der Waals surface area contributed by atoms with Crippen LogP contribution in [0.1, 0.15) is 22.8 Å². The second kappa shape index (κ2) is 4.55. The van der Waals surface area contributed by atoms with E-state index >= 15 is 0 Å². The Kier molecular flexibility index (Phi) is 3.39. The van der Waals surface area contributed by atoms with Crippen molar-refractivity contribution in [3.63, 3.8) is 0 Å². The fourth-order valence-electron chi connectivity index (χ4n) is 1.03. The number of aryl methyl sites for hydroxylation is 1. The van der Waals surface area contributed by atoms with Gasteiger partial charge in [-0.25, -0.2) is 9.59 Å². The van der Waals surface area contributed by atoms with E-state index in [1.807, 2.05) is 6.07 Å². The molecule has 0 unspecified atom stereocenters. The Morgan fingerprint density at radius 1 is 1.27 bits per heavy atom. The summed E-state index contributed by atoms with van der Waals surface area (Å²) in [5.41, 5.74) is 1.38. The molecule has 0 spiro atoms. The highest BCUT2D eigenvalue weighted by molar-refractivity contribution is 6.02. The minimum Gasteiger partial charge on any atom is -0.386 e.